The molecule has 5 rings (SSSR count). The van der Waals surface area contributed by atoms with E-state index >= 15 is 0 Å². The van der Waals surface area contributed by atoms with Crippen LogP contribution >= 0.6 is 9.58 Å². The number of hydrogen-bond donors (Lipinski definition) is 0. The fourth-order valence-corrected chi connectivity index (χ4v) is 2.62. The Balaban J connectivity index is 0.000000166. The van der Waals surface area contributed by atoms with Crippen molar-refractivity contribution in [3.63, 3.8) is 0 Å². The molecule has 156 valence electrons. The van der Waals surface area contributed by atoms with E-state index in [2.05, 4.69) is 36.9 Å². The maximum Gasteiger partial charge on any atom is 0.0493 e. The summed E-state index contributed by atoms with van der Waals surface area (Å²) in [5.41, 5.74) is 3.42. The molecule has 5 nitrogen and oxygen atoms in total. The second-order valence-corrected chi connectivity index (χ2v) is 5.96. The van der Waals surface area contributed by atoms with Gasteiger partial charge in [0, 0.05) is 36.8 Å². The van der Waals surface area contributed by atoms with E-state index in [0.29, 0.717) is 0 Å². The van der Waals surface area contributed by atoms with Gasteiger partial charge in [-0.05, 0) is 35.3 Å². The number of benzene rings is 2. The van der Waals surface area contributed by atoms with Crippen molar-refractivity contribution in [3.8, 4) is 22.6 Å². The van der Waals surface area contributed by atoms with Gasteiger partial charge in [0.25, 0.3) is 0 Å². The molecule has 0 atom stereocenters. The van der Waals surface area contributed by atoms with Crippen molar-refractivity contribution in [2.75, 3.05) is 0 Å². The number of rotatable bonds is 3. The summed E-state index contributed by atoms with van der Waals surface area (Å²) in [5.74, 6) is -0.278. The van der Waals surface area contributed by atoms with Gasteiger partial charge >= 0.3 is 27.5 Å². The maximum absolute atomic E-state index is 12.6. The van der Waals surface area contributed by atoms with Crippen LogP contribution in [0.4, 0.5) is 4.39 Å². The van der Waals surface area contributed by atoms with Gasteiger partial charge in [-0.15, -0.1) is 48.0 Å². The van der Waals surface area contributed by atoms with Crippen LogP contribution in [0.5, 0.6) is 0 Å². The number of aromatic nitrogens is 5. The molecular weight excluding hydrogens is 593 g/mol. The zero-order chi connectivity index (χ0) is 21.9. The van der Waals surface area contributed by atoms with E-state index < -0.39 is 0 Å². The van der Waals surface area contributed by atoms with E-state index in [1.807, 2.05) is 60.9 Å². The van der Waals surface area contributed by atoms with Crippen LogP contribution in [-0.4, -0.2) is 24.5 Å². The molecule has 8 heteroatoms. The third-order valence-electron chi connectivity index (χ3n) is 3.98. The van der Waals surface area contributed by atoms with Gasteiger partial charge in [0.05, 0.1) is 0 Å². The van der Waals surface area contributed by atoms with Gasteiger partial charge in [-0.3, -0.25) is 13.8 Å². The maximum atomic E-state index is 12.6. The van der Waals surface area contributed by atoms with Crippen molar-refractivity contribution in [2.45, 2.75) is 0 Å². The summed E-state index contributed by atoms with van der Waals surface area (Å²) in [6.07, 6.45) is 8.97. The molecule has 0 saturated carbocycles. The van der Waals surface area contributed by atoms with Crippen molar-refractivity contribution >= 4 is 9.58 Å². The number of nitrogens with zero attached hydrogens (tertiary/aromatic N) is 5. The molecule has 5 aromatic rings. The molecule has 0 amide bonds. The summed E-state index contributed by atoms with van der Waals surface area (Å²) >= 11 is 1.47. The summed E-state index contributed by atoms with van der Waals surface area (Å²) in [7, 11) is 4.64. The van der Waals surface area contributed by atoms with Crippen LogP contribution in [0.25, 0.3) is 22.6 Å². The normalized spacial score (nSPS) is 9.77. The Bertz CT molecular complexity index is 1100. The van der Waals surface area contributed by atoms with E-state index in [-0.39, 0.29) is 5.82 Å². The standard InChI is InChI=1S/C12H9N4.C11H7FN.ClH.Ir/c1-4-11(15-8-2-6-13-15)10-12(5-1)16-9-3-7-14-16;12-10-6-4-9(5-7-10)11-3-1-2-8-13-11;;/h1-9H;1-4,6-8H;1H;/q2*-1;;+3/p-1. The quantitative estimate of drug-likeness (QED) is 0.264. The number of hydrogen-bond acceptors (Lipinski definition) is 3. The molecule has 0 aliphatic carbocycles. The molecule has 0 saturated heterocycles. The minimum absolute atomic E-state index is 0.278. The van der Waals surface area contributed by atoms with E-state index in [9.17, 15) is 4.39 Å². The Morgan fingerprint density at radius 2 is 1.45 bits per heavy atom. The molecule has 0 bridgehead atoms. The average molecular weight is 609 g/mol. The topological polar surface area (TPSA) is 48.5 Å². The molecule has 2 aromatic carbocycles. The predicted molar refractivity (Wildman–Crippen MR) is 114 cm³/mol. The fourth-order valence-electron chi connectivity index (χ4n) is 2.62. The first-order valence-corrected chi connectivity index (χ1v) is 12.0. The van der Waals surface area contributed by atoms with Crippen molar-refractivity contribution in [1.29, 1.82) is 0 Å². The van der Waals surface area contributed by atoms with Crippen LogP contribution in [0.1, 0.15) is 0 Å². The van der Waals surface area contributed by atoms with Gasteiger partial charge < -0.3 is 4.98 Å². The molecular formula is C23H16ClFIrN5. The van der Waals surface area contributed by atoms with Crippen LogP contribution in [0.3, 0.4) is 0 Å². The molecule has 31 heavy (non-hydrogen) atoms. The van der Waals surface area contributed by atoms with E-state index in [4.69, 9.17) is 0 Å². The summed E-state index contributed by atoms with van der Waals surface area (Å²) in [4.78, 5) is 4.12. The van der Waals surface area contributed by atoms with Crippen molar-refractivity contribution in [2.24, 2.45) is 0 Å². The molecule has 3 aromatic heterocycles. The number of halogens is 2. The molecule has 0 N–H and O–H groups in total. The first kappa shape index (κ1) is 22.6. The Morgan fingerprint density at radius 1 is 0.774 bits per heavy atom. The molecule has 0 spiro atoms. The monoisotopic (exact) mass is 609 g/mol. The van der Waals surface area contributed by atoms with E-state index in [1.165, 1.54) is 30.0 Å². The van der Waals surface area contributed by atoms with E-state index in [0.717, 1.165) is 22.6 Å². The molecule has 0 unspecified atom stereocenters. The van der Waals surface area contributed by atoms with Gasteiger partial charge in [0.1, 0.15) is 0 Å². The molecule has 0 radical (unpaired) electrons. The zero-order valence-electron chi connectivity index (χ0n) is 16.1. The van der Waals surface area contributed by atoms with Crippen LogP contribution < -0.4 is 0 Å². The summed E-state index contributed by atoms with van der Waals surface area (Å²) in [6.45, 7) is 0. The minimum Gasteiger partial charge on any atom is -0.266 e. The van der Waals surface area contributed by atoms with Crippen LogP contribution in [0.2, 0.25) is 0 Å². The van der Waals surface area contributed by atoms with Crippen molar-refractivity contribution < 1.29 is 22.3 Å². The smallest absolute Gasteiger partial charge is 0.0493 e. The summed E-state index contributed by atoms with van der Waals surface area (Å²) < 4.78 is 16.1. The molecule has 0 aliphatic rings. The number of pyridine rings is 1. The second-order valence-electron chi connectivity index (χ2n) is 5.96. The summed E-state index contributed by atoms with van der Waals surface area (Å²) in [5, 5.41) is 8.33. The van der Waals surface area contributed by atoms with Gasteiger partial charge in [-0.1, -0.05) is 12.1 Å². The van der Waals surface area contributed by atoms with Crippen LogP contribution in [0, 0.1) is 17.9 Å². The van der Waals surface area contributed by atoms with Gasteiger partial charge in [0.15, 0.2) is 0 Å². The molecule has 0 fully saturated rings. The molecule has 0 aliphatic heterocycles. The Hall–Kier alpha value is -3.12. The zero-order valence-corrected chi connectivity index (χ0v) is 19.2. The predicted octanol–water partition coefficient (Wildman–Crippen LogP) is 5.23. The van der Waals surface area contributed by atoms with Crippen molar-refractivity contribution in [3.05, 3.63) is 116 Å². The molecule has 3 heterocycles. The Morgan fingerprint density at radius 3 is 1.94 bits per heavy atom. The van der Waals surface area contributed by atoms with Crippen LogP contribution in [-0.2, 0) is 17.9 Å². The third kappa shape index (κ3) is 6.43. The van der Waals surface area contributed by atoms with Gasteiger partial charge in [0.2, 0.25) is 0 Å². The van der Waals surface area contributed by atoms with E-state index in [1.54, 1.807) is 34.0 Å². The Kier molecular flexibility index (Phi) is 8.67. The first-order valence-electron chi connectivity index (χ1n) is 9.03. The second kappa shape index (κ2) is 11.9. The van der Waals surface area contributed by atoms with Gasteiger partial charge in [-0.2, -0.15) is 16.3 Å². The minimum atomic E-state index is -0.278. The summed E-state index contributed by atoms with van der Waals surface area (Å²) in [6, 6.07) is 25.7. The van der Waals surface area contributed by atoms with Crippen molar-refractivity contribution in [1.82, 2.24) is 24.5 Å². The third-order valence-corrected chi connectivity index (χ3v) is 3.98. The Labute approximate surface area is 194 Å². The largest absolute Gasteiger partial charge is 0.266 e. The van der Waals surface area contributed by atoms with Gasteiger partial charge in [-0.25, -0.2) is 0 Å². The first-order chi connectivity index (χ1) is 15.3. The SMILES string of the molecule is Fc1c[c-]c(-c2ccccn2)cc1.[Cl][Ir+2].[c-]1c(-n2cccn2)cccc1-n1cccn1. The fraction of sp³-hybridized carbons (Fsp3) is 0. The average Bonchev–Trinajstić information content (AvgIpc) is 3.57. The van der Waals surface area contributed by atoms with Crippen LogP contribution in [0.15, 0.2) is 97.7 Å².